The predicted octanol–water partition coefficient (Wildman–Crippen LogP) is 6.75. The van der Waals surface area contributed by atoms with Crippen LogP contribution >= 0.6 is 0 Å². The van der Waals surface area contributed by atoms with Crippen molar-refractivity contribution >= 4 is 11.4 Å². The molecule has 2 fully saturated rings. The van der Waals surface area contributed by atoms with Crippen LogP contribution in [0.5, 0.6) is 11.5 Å². The summed E-state index contributed by atoms with van der Waals surface area (Å²) in [5.74, 6) is 1.19. The summed E-state index contributed by atoms with van der Waals surface area (Å²) in [4.78, 5) is 23.0. The highest BCUT2D eigenvalue weighted by atomic mass is 16.6. The molecule has 0 bridgehead atoms. The molecular weight excluding hydrogens is 588 g/mol. The first-order valence-corrected chi connectivity index (χ1v) is 16.9. The maximum Gasteiger partial charge on any atom is 0.282 e. The molecule has 2 aromatic rings. The van der Waals surface area contributed by atoms with Crippen LogP contribution in [0.2, 0.25) is 0 Å². The van der Waals surface area contributed by atoms with Gasteiger partial charge in [-0.2, -0.15) is 0 Å². The van der Waals surface area contributed by atoms with E-state index in [2.05, 4.69) is 10.6 Å². The first kappa shape index (κ1) is 35.5. The Labute approximate surface area is 273 Å². The number of nitro benzene ring substituents is 2. The van der Waals surface area contributed by atoms with E-state index in [1.54, 1.807) is 38.5 Å². The van der Waals surface area contributed by atoms with E-state index in [4.69, 9.17) is 9.47 Å². The molecule has 4 rings (SSSR count). The van der Waals surface area contributed by atoms with E-state index in [1.807, 2.05) is 12.1 Å². The molecule has 12 nitrogen and oxygen atoms in total. The van der Waals surface area contributed by atoms with Crippen LogP contribution in [0.3, 0.4) is 0 Å². The fourth-order valence-corrected chi connectivity index (χ4v) is 7.28. The zero-order valence-electron chi connectivity index (χ0n) is 27.7. The number of nitro groups is 2. The van der Waals surface area contributed by atoms with Crippen LogP contribution in [-0.4, -0.2) is 98.5 Å². The lowest BCUT2D eigenvalue weighted by Crippen LogP contribution is -2.53. The number of hydrogen-bond donors (Lipinski definition) is 0. The van der Waals surface area contributed by atoms with Crippen molar-refractivity contribution < 1.29 is 28.3 Å². The smallest absolute Gasteiger partial charge is 0.282 e. The van der Waals surface area contributed by atoms with E-state index in [9.17, 15) is 20.2 Å². The molecule has 2 heterocycles. The van der Waals surface area contributed by atoms with Gasteiger partial charge >= 0.3 is 0 Å². The summed E-state index contributed by atoms with van der Waals surface area (Å²) in [6, 6.07) is 10.2. The fourth-order valence-electron chi connectivity index (χ4n) is 7.28. The summed E-state index contributed by atoms with van der Waals surface area (Å²) in [6.07, 6.45) is 9.32. The number of rotatable bonds is 19. The predicted molar refractivity (Wildman–Crippen MR) is 180 cm³/mol. The Hall–Kier alpha value is -3.32. The summed E-state index contributed by atoms with van der Waals surface area (Å²) in [6.45, 7) is 10.1. The minimum absolute atomic E-state index is 0.142. The number of unbranched alkanes of at least 4 members (excludes halogenated alkanes) is 7. The topological polar surface area (TPSA) is 133 Å². The van der Waals surface area contributed by atoms with Crippen LogP contribution in [0.4, 0.5) is 11.4 Å². The van der Waals surface area contributed by atoms with Crippen LogP contribution < -0.4 is 9.47 Å². The number of nitrogens with zero attached hydrogens (tertiary/aromatic N) is 6. The van der Waals surface area contributed by atoms with E-state index in [0.717, 1.165) is 100 Å². The van der Waals surface area contributed by atoms with Crippen molar-refractivity contribution in [3.8, 4) is 11.5 Å². The Morgan fingerprint density at radius 3 is 1.28 bits per heavy atom. The third-order valence-corrected chi connectivity index (χ3v) is 9.98. The zero-order valence-corrected chi connectivity index (χ0v) is 27.7. The van der Waals surface area contributed by atoms with Gasteiger partial charge in [0.05, 0.1) is 63.3 Å². The van der Waals surface area contributed by atoms with Crippen LogP contribution in [0.25, 0.3) is 10.6 Å². The maximum absolute atomic E-state index is 11.8. The van der Waals surface area contributed by atoms with E-state index >= 15 is 0 Å². The van der Waals surface area contributed by atoms with Crippen molar-refractivity contribution in [3.63, 3.8) is 0 Å². The van der Waals surface area contributed by atoms with Crippen LogP contribution in [0, 0.1) is 20.2 Å². The van der Waals surface area contributed by atoms with Gasteiger partial charge in [0.15, 0.2) is 0 Å². The summed E-state index contributed by atoms with van der Waals surface area (Å²) >= 11 is 0. The van der Waals surface area contributed by atoms with Gasteiger partial charge in [-0.15, -0.1) is 0 Å². The van der Waals surface area contributed by atoms with Crippen LogP contribution in [0.1, 0.15) is 62.5 Å². The maximum atomic E-state index is 11.8. The highest BCUT2D eigenvalue weighted by molar-refractivity contribution is 5.49. The van der Waals surface area contributed by atoms with Gasteiger partial charge in [0.1, 0.15) is 35.7 Å². The van der Waals surface area contributed by atoms with Gasteiger partial charge in [-0.3, -0.25) is 20.2 Å². The molecule has 0 atom stereocenters. The molecule has 0 spiro atoms. The molecule has 2 saturated heterocycles. The number of ether oxygens (including phenoxy) is 2. The summed E-state index contributed by atoms with van der Waals surface area (Å²) in [5, 5.41) is 32.7. The molecule has 12 heteroatoms. The standard InChI is InChI=1S/C34H52N6O6/c1-45-33-15-11-13-31(37(41)42)29(33)27-39(23-17-35-18-24-39)21-9-7-5-3-4-6-8-10-22-40(25-19-36-20-26-40)28-30-32(38(43)44)14-12-16-34(30)46-2/h11-16H,3-10,17-28H2,1-2H3. The molecule has 46 heavy (non-hydrogen) atoms. The molecule has 0 amide bonds. The Bertz CT molecular complexity index is 1180. The van der Waals surface area contributed by atoms with E-state index < -0.39 is 0 Å². The average Bonchev–Trinajstić information content (AvgIpc) is 3.06. The minimum Gasteiger partial charge on any atom is -0.653 e. The molecule has 2 aromatic carbocycles. The SMILES string of the molecule is COc1cccc([N+](=O)[O-])c1C[N+]1(CCCCCCCCCC[N+]2(Cc3c(OC)cccc3[N+](=O)[O-])CC[N-]CC2)CC[N-]CC1. The molecular formula is C34H52N6O6. The van der Waals surface area contributed by atoms with Gasteiger partial charge in [-0.05, 0) is 37.8 Å². The number of benzene rings is 2. The highest BCUT2D eigenvalue weighted by Gasteiger charge is 2.33. The zero-order chi connectivity index (χ0) is 32.8. The molecule has 0 radical (unpaired) electrons. The van der Waals surface area contributed by atoms with Crippen molar-refractivity contribution in [2.24, 2.45) is 0 Å². The van der Waals surface area contributed by atoms with Crippen molar-refractivity contribution in [1.29, 1.82) is 0 Å². The third-order valence-electron chi connectivity index (χ3n) is 9.98. The summed E-state index contributed by atoms with van der Waals surface area (Å²) in [5.41, 5.74) is 1.68. The molecule has 0 unspecified atom stereocenters. The molecule has 2 aliphatic heterocycles. The van der Waals surface area contributed by atoms with E-state index in [0.29, 0.717) is 35.7 Å². The minimum atomic E-state index is -0.293. The second kappa shape index (κ2) is 17.6. The number of quaternary nitrogens is 2. The third kappa shape index (κ3) is 9.60. The van der Waals surface area contributed by atoms with Gasteiger partial charge in [-0.25, -0.2) is 0 Å². The monoisotopic (exact) mass is 640 g/mol. The van der Waals surface area contributed by atoms with Gasteiger partial charge in [0, 0.05) is 12.1 Å². The Balaban J connectivity index is 1.20. The molecule has 0 aliphatic carbocycles. The molecule has 0 N–H and O–H groups in total. The summed E-state index contributed by atoms with van der Waals surface area (Å²) < 4.78 is 12.7. The van der Waals surface area contributed by atoms with Crippen molar-refractivity contribution in [1.82, 2.24) is 0 Å². The van der Waals surface area contributed by atoms with Crippen molar-refractivity contribution in [2.45, 2.75) is 64.5 Å². The number of methoxy groups -OCH3 is 2. The van der Waals surface area contributed by atoms with Gasteiger partial charge in [-0.1, -0.05) is 64.0 Å². The van der Waals surface area contributed by atoms with Gasteiger partial charge in [0.2, 0.25) is 0 Å². The highest BCUT2D eigenvalue weighted by Crippen LogP contribution is 2.34. The van der Waals surface area contributed by atoms with Crippen molar-refractivity contribution in [2.75, 3.05) is 79.7 Å². The second-order valence-corrected chi connectivity index (χ2v) is 12.9. The first-order chi connectivity index (χ1) is 22.3. The second-order valence-electron chi connectivity index (χ2n) is 12.9. The molecule has 0 aromatic heterocycles. The average molecular weight is 641 g/mol. The summed E-state index contributed by atoms with van der Waals surface area (Å²) in [7, 11) is 3.16. The van der Waals surface area contributed by atoms with E-state index in [-0.39, 0.29) is 21.2 Å². The Morgan fingerprint density at radius 1 is 0.609 bits per heavy atom. The number of piperazine rings is 2. The Morgan fingerprint density at radius 2 is 0.957 bits per heavy atom. The largest absolute Gasteiger partial charge is 0.653 e. The normalized spacial score (nSPS) is 17.3. The quantitative estimate of drug-likeness (QED) is 0.0722. The van der Waals surface area contributed by atoms with Crippen LogP contribution in [0.15, 0.2) is 36.4 Å². The number of hydrogen-bond acceptors (Lipinski definition) is 6. The first-order valence-electron chi connectivity index (χ1n) is 16.9. The van der Waals surface area contributed by atoms with Gasteiger partial charge < -0.3 is 29.1 Å². The fraction of sp³-hybridized carbons (Fsp3) is 0.647. The lowest BCUT2D eigenvalue weighted by molar-refractivity contribution is -0.940. The van der Waals surface area contributed by atoms with Crippen molar-refractivity contribution in [3.05, 3.63) is 78.4 Å². The van der Waals surface area contributed by atoms with Crippen LogP contribution in [-0.2, 0) is 13.1 Å². The Kier molecular flexibility index (Phi) is 13.6. The van der Waals surface area contributed by atoms with Gasteiger partial charge in [0.25, 0.3) is 11.4 Å². The molecule has 254 valence electrons. The molecule has 0 saturated carbocycles. The van der Waals surface area contributed by atoms with E-state index in [1.165, 1.54) is 25.7 Å². The lowest BCUT2D eigenvalue weighted by atomic mass is 10.0. The molecule has 2 aliphatic rings. The lowest BCUT2D eigenvalue weighted by Gasteiger charge is -2.46.